The molecule has 1 aliphatic heterocycles. The molecule has 1 fully saturated rings. The lowest BCUT2D eigenvalue weighted by atomic mass is 10.3. The van der Waals surface area contributed by atoms with E-state index in [1.54, 1.807) is 6.07 Å². The number of carboxylic acids is 1. The van der Waals surface area contributed by atoms with Crippen molar-refractivity contribution in [1.29, 1.82) is 0 Å². The lowest BCUT2D eigenvalue weighted by Gasteiger charge is -2.32. The van der Waals surface area contributed by atoms with Crippen molar-refractivity contribution < 1.29 is 14.8 Å². The Morgan fingerprint density at radius 3 is 2.50 bits per heavy atom. The van der Waals surface area contributed by atoms with Gasteiger partial charge in [0.05, 0.1) is 4.92 Å². The third-order valence-corrected chi connectivity index (χ3v) is 3.90. The van der Waals surface area contributed by atoms with Crippen LogP contribution in [0.1, 0.15) is 10.5 Å². The number of anilines is 1. The second-order valence-corrected chi connectivity index (χ2v) is 5.50. The Morgan fingerprint density at radius 2 is 1.88 bits per heavy atom. The molecule has 0 spiro atoms. The van der Waals surface area contributed by atoms with Gasteiger partial charge in [-0.05, 0) is 13.1 Å². The summed E-state index contributed by atoms with van der Waals surface area (Å²) in [5, 5.41) is 28.7. The number of aromatic nitrogens is 3. The maximum atomic E-state index is 11.5. The number of nitrogens with zero attached hydrogens (tertiary/aromatic N) is 6. The van der Waals surface area contributed by atoms with E-state index in [0.29, 0.717) is 13.1 Å². The Hall–Kier alpha value is -3.01. The molecule has 1 aliphatic rings. The van der Waals surface area contributed by atoms with Gasteiger partial charge in [-0.2, -0.15) is 0 Å². The van der Waals surface area contributed by atoms with Crippen LogP contribution in [0.2, 0.25) is 0 Å². The minimum Gasteiger partial charge on any atom is -0.476 e. The zero-order valence-corrected chi connectivity index (χ0v) is 13.0. The SMILES string of the molecule is CN1CCN(c2nn(-c3ccccc3[N+](=O)[O-])nc2C(=O)O)CC1. The quantitative estimate of drug-likeness (QED) is 0.640. The lowest BCUT2D eigenvalue weighted by molar-refractivity contribution is -0.384. The number of hydrogen-bond acceptors (Lipinski definition) is 7. The fourth-order valence-electron chi connectivity index (χ4n) is 2.56. The summed E-state index contributed by atoms with van der Waals surface area (Å²) in [6.07, 6.45) is 0. The molecule has 1 aromatic carbocycles. The van der Waals surface area contributed by atoms with Crippen LogP contribution in [0.5, 0.6) is 0 Å². The highest BCUT2D eigenvalue weighted by Crippen LogP contribution is 2.24. The smallest absolute Gasteiger partial charge is 0.360 e. The summed E-state index contributed by atoms with van der Waals surface area (Å²) < 4.78 is 0. The van der Waals surface area contributed by atoms with E-state index in [0.717, 1.165) is 17.9 Å². The third-order valence-electron chi connectivity index (χ3n) is 3.90. The van der Waals surface area contributed by atoms with Crippen LogP contribution in [0.4, 0.5) is 11.5 Å². The molecule has 0 unspecified atom stereocenters. The van der Waals surface area contributed by atoms with Crippen LogP contribution in [0, 0.1) is 10.1 Å². The summed E-state index contributed by atoms with van der Waals surface area (Å²) >= 11 is 0. The molecule has 0 bridgehead atoms. The fraction of sp³-hybridized carbons (Fsp3) is 0.357. The molecule has 0 amide bonds. The number of carbonyl (C=O) groups is 1. The van der Waals surface area contributed by atoms with Gasteiger partial charge in [0.2, 0.25) is 5.69 Å². The summed E-state index contributed by atoms with van der Waals surface area (Å²) in [7, 11) is 1.99. The van der Waals surface area contributed by atoms with Crippen LogP contribution in [0.25, 0.3) is 5.69 Å². The topological polar surface area (TPSA) is 118 Å². The molecule has 0 aliphatic carbocycles. The van der Waals surface area contributed by atoms with Gasteiger partial charge in [-0.15, -0.1) is 15.0 Å². The van der Waals surface area contributed by atoms with Crippen molar-refractivity contribution in [2.45, 2.75) is 0 Å². The van der Waals surface area contributed by atoms with Crippen molar-refractivity contribution in [2.75, 3.05) is 38.1 Å². The number of aromatic carboxylic acids is 1. The van der Waals surface area contributed by atoms with E-state index < -0.39 is 10.9 Å². The minimum absolute atomic E-state index is 0.130. The third kappa shape index (κ3) is 2.91. The molecular weight excluding hydrogens is 316 g/mol. The summed E-state index contributed by atoms with van der Waals surface area (Å²) in [5.74, 6) is -0.984. The Morgan fingerprint density at radius 1 is 1.21 bits per heavy atom. The predicted octanol–water partition coefficient (Wildman–Crippen LogP) is 0.625. The molecule has 2 aromatic rings. The normalized spacial score (nSPS) is 15.5. The Bertz CT molecular complexity index is 781. The van der Waals surface area contributed by atoms with E-state index in [4.69, 9.17) is 0 Å². The average molecular weight is 332 g/mol. The first-order valence-electron chi connectivity index (χ1n) is 7.35. The highest BCUT2D eigenvalue weighted by molar-refractivity contribution is 5.91. The zero-order valence-electron chi connectivity index (χ0n) is 13.0. The monoisotopic (exact) mass is 332 g/mol. The first-order valence-corrected chi connectivity index (χ1v) is 7.35. The van der Waals surface area contributed by atoms with Gasteiger partial charge in [-0.25, -0.2) is 4.79 Å². The van der Waals surface area contributed by atoms with Crippen molar-refractivity contribution >= 4 is 17.5 Å². The maximum Gasteiger partial charge on any atom is 0.360 e. The van der Waals surface area contributed by atoms with Crippen LogP contribution in [0.15, 0.2) is 24.3 Å². The zero-order chi connectivity index (χ0) is 17.3. The minimum atomic E-state index is -1.21. The highest BCUT2D eigenvalue weighted by Gasteiger charge is 2.27. The van der Waals surface area contributed by atoms with Gasteiger partial charge in [0.15, 0.2) is 11.5 Å². The molecule has 1 saturated heterocycles. The number of hydrogen-bond donors (Lipinski definition) is 1. The van der Waals surface area contributed by atoms with Gasteiger partial charge in [0, 0.05) is 32.2 Å². The first-order chi connectivity index (χ1) is 11.5. The van der Waals surface area contributed by atoms with Crippen molar-refractivity contribution in [3.05, 3.63) is 40.1 Å². The van der Waals surface area contributed by atoms with Crippen LogP contribution < -0.4 is 4.90 Å². The van der Waals surface area contributed by atoms with E-state index in [9.17, 15) is 20.0 Å². The van der Waals surface area contributed by atoms with Gasteiger partial charge in [-0.1, -0.05) is 12.1 Å². The molecule has 0 saturated carbocycles. The Balaban J connectivity index is 2.04. The van der Waals surface area contributed by atoms with Crippen LogP contribution in [0.3, 0.4) is 0 Å². The van der Waals surface area contributed by atoms with E-state index in [1.165, 1.54) is 18.2 Å². The van der Waals surface area contributed by atoms with E-state index >= 15 is 0 Å². The second-order valence-electron chi connectivity index (χ2n) is 5.50. The number of piperazine rings is 1. The number of para-hydroxylation sites is 2. The van der Waals surface area contributed by atoms with Gasteiger partial charge in [-0.3, -0.25) is 10.1 Å². The van der Waals surface area contributed by atoms with Gasteiger partial charge >= 0.3 is 5.97 Å². The molecule has 10 heteroatoms. The molecule has 0 atom stereocenters. The second kappa shape index (κ2) is 6.24. The predicted molar refractivity (Wildman–Crippen MR) is 84.7 cm³/mol. The number of carboxylic acid groups (broad SMARTS) is 1. The number of benzene rings is 1. The lowest BCUT2D eigenvalue weighted by Crippen LogP contribution is -2.45. The molecule has 24 heavy (non-hydrogen) atoms. The van der Waals surface area contributed by atoms with Crippen molar-refractivity contribution in [3.63, 3.8) is 0 Å². The molecule has 2 heterocycles. The van der Waals surface area contributed by atoms with Gasteiger partial charge in [0.1, 0.15) is 0 Å². The number of nitro groups is 1. The summed E-state index contributed by atoms with van der Waals surface area (Å²) in [6.45, 7) is 2.79. The first kappa shape index (κ1) is 15.9. The Labute approximate surface area is 137 Å². The molecule has 3 rings (SSSR count). The van der Waals surface area contributed by atoms with Crippen molar-refractivity contribution in [2.24, 2.45) is 0 Å². The Kier molecular flexibility index (Phi) is 4.13. The molecule has 126 valence electrons. The molecule has 0 radical (unpaired) electrons. The number of likely N-dealkylation sites (N-methyl/N-ethyl adjacent to an activating group) is 1. The number of nitro benzene ring substituents is 1. The summed E-state index contributed by atoms with van der Waals surface area (Å²) in [5.41, 5.74) is -0.266. The molecular formula is C14H16N6O4. The molecule has 1 N–H and O–H groups in total. The van der Waals surface area contributed by atoms with E-state index in [2.05, 4.69) is 15.1 Å². The fourth-order valence-corrected chi connectivity index (χ4v) is 2.56. The number of rotatable bonds is 4. The van der Waals surface area contributed by atoms with Crippen LogP contribution in [-0.2, 0) is 0 Å². The summed E-state index contributed by atoms with van der Waals surface area (Å²) in [6, 6.07) is 5.96. The summed E-state index contributed by atoms with van der Waals surface area (Å²) in [4.78, 5) is 27.1. The molecule has 10 nitrogen and oxygen atoms in total. The van der Waals surface area contributed by atoms with E-state index in [1.807, 2.05) is 11.9 Å². The van der Waals surface area contributed by atoms with Gasteiger partial charge in [0.25, 0.3) is 5.69 Å². The van der Waals surface area contributed by atoms with Crippen LogP contribution in [-0.4, -0.2) is 69.1 Å². The molecule has 1 aromatic heterocycles. The standard InChI is InChI=1S/C14H16N6O4/c1-17-6-8-18(9-7-17)13-12(14(21)22)15-19(16-13)10-4-2-3-5-11(10)20(23)24/h2-5H,6-9H2,1H3,(H,21,22). The highest BCUT2D eigenvalue weighted by atomic mass is 16.6. The van der Waals surface area contributed by atoms with Crippen molar-refractivity contribution in [1.82, 2.24) is 19.9 Å². The average Bonchev–Trinajstić information content (AvgIpc) is 3.01. The van der Waals surface area contributed by atoms with Gasteiger partial charge < -0.3 is 14.9 Å². The van der Waals surface area contributed by atoms with Crippen molar-refractivity contribution in [3.8, 4) is 5.69 Å². The van der Waals surface area contributed by atoms with Crippen LogP contribution >= 0.6 is 0 Å². The van der Waals surface area contributed by atoms with E-state index in [-0.39, 0.29) is 22.9 Å². The largest absolute Gasteiger partial charge is 0.476 e. The maximum absolute atomic E-state index is 11.5.